The van der Waals surface area contributed by atoms with Crippen LogP contribution in [0.25, 0.3) is 0 Å². The van der Waals surface area contributed by atoms with Crippen LogP contribution >= 0.6 is 0 Å². The summed E-state index contributed by atoms with van der Waals surface area (Å²) in [5, 5.41) is 17.1. The standard InChI is InChI=1S/C11H11NO3/c1-8(11(13)14)15-10-4-2-9(3-5-10)6-7-12/h2-5,8H,6H2,1H3,(H,13,14). The summed E-state index contributed by atoms with van der Waals surface area (Å²) in [7, 11) is 0. The van der Waals surface area contributed by atoms with Crippen LogP contribution in [0.2, 0.25) is 0 Å². The molecule has 15 heavy (non-hydrogen) atoms. The maximum Gasteiger partial charge on any atom is 0.344 e. The molecular formula is C11H11NO3. The maximum atomic E-state index is 10.5. The van der Waals surface area contributed by atoms with E-state index in [1.807, 2.05) is 6.07 Å². The van der Waals surface area contributed by atoms with Gasteiger partial charge in [0.05, 0.1) is 12.5 Å². The van der Waals surface area contributed by atoms with Crippen molar-refractivity contribution in [3.63, 3.8) is 0 Å². The molecular weight excluding hydrogens is 194 g/mol. The average molecular weight is 205 g/mol. The van der Waals surface area contributed by atoms with Gasteiger partial charge in [0.15, 0.2) is 6.10 Å². The van der Waals surface area contributed by atoms with Crippen LogP contribution in [0, 0.1) is 11.3 Å². The molecule has 0 fully saturated rings. The van der Waals surface area contributed by atoms with Gasteiger partial charge in [0.1, 0.15) is 5.75 Å². The molecule has 1 aromatic rings. The van der Waals surface area contributed by atoms with Crippen molar-refractivity contribution in [1.82, 2.24) is 0 Å². The summed E-state index contributed by atoms with van der Waals surface area (Å²) < 4.78 is 5.13. The Balaban J connectivity index is 2.65. The van der Waals surface area contributed by atoms with Gasteiger partial charge in [-0.1, -0.05) is 12.1 Å². The van der Waals surface area contributed by atoms with E-state index in [0.29, 0.717) is 12.2 Å². The van der Waals surface area contributed by atoms with Crippen LogP contribution in [0.3, 0.4) is 0 Å². The smallest absolute Gasteiger partial charge is 0.344 e. The lowest BCUT2D eigenvalue weighted by molar-refractivity contribution is -0.144. The van der Waals surface area contributed by atoms with E-state index in [0.717, 1.165) is 5.56 Å². The molecule has 4 nitrogen and oxygen atoms in total. The lowest BCUT2D eigenvalue weighted by Crippen LogP contribution is -2.22. The predicted octanol–water partition coefficient (Wildman–Crippen LogP) is 1.60. The Hall–Kier alpha value is -2.02. The van der Waals surface area contributed by atoms with Crippen molar-refractivity contribution in [2.45, 2.75) is 19.4 Å². The third kappa shape index (κ3) is 3.31. The lowest BCUT2D eigenvalue weighted by atomic mass is 10.2. The first-order valence-electron chi connectivity index (χ1n) is 4.49. The molecule has 0 radical (unpaired) electrons. The summed E-state index contributed by atoms with van der Waals surface area (Å²) in [4.78, 5) is 10.5. The van der Waals surface area contributed by atoms with Crippen molar-refractivity contribution in [2.24, 2.45) is 0 Å². The van der Waals surface area contributed by atoms with E-state index in [4.69, 9.17) is 15.1 Å². The van der Waals surface area contributed by atoms with Crippen LogP contribution < -0.4 is 4.74 Å². The molecule has 1 unspecified atom stereocenters. The molecule has 0 bridgehead atoms. The zero-order valence-corrected chi connectivity index (χ0v) is 8.30. The second-order valence-electron chi connectivity index (χ2n) is 3.08. The summed E-state index contributed by atoms with van der Waals surface area (Å²) in [6.45, 7) is 1.46. The van der Waals surface area contributed by atoms with Crippen LogP contribution in [-0.2, 0) is 11.2 Å². The number of carbonyl (C=O) groups is 1. The Labute approximate surface area is 87.7 Å². The first-order valence-corrected chi connectivity index (χ1v) is 4.49. The highest BCUT2D eigenvalue weighted by atomic mass is 16.5. The highest BCUT2D eigenvalue weighted by Crippen LogP contribution is 2.14. The molecule has 1 aromatic carbocycles. The van der Waals surface area contributed by atoms with Gasteiger partial charge in [0, 0.05) is 0 Å². The topological polar surface area (TPSA) is 70.3 Å². The zero-order valence-electron chi connectivity index (χ0n) is 8.30. The normalized spacial score (nSPS) is 11.5. The van der Waals surface area contributed by atoms with Crippen LogP contribution in [0.5, 0.6) is 5.75 Å². The van der Waals surface area contributed by atoms with Crippen molar-refractivity contribution >= 4 is 5.97 Å². The Morgan fingerprint density at radius 2 is 2.13 bits per heavy atom. The fourth-order valence-corrected chi connectivity index (χ4v) is 1.03. The van der Waals surface area contributed by atoms with Gasteiger partial charge in [-0.2, -0.15) is 5.26 Å². The van der Waals surface area contributed by atoms with Crippen molar-refractivity contribution in [3.8, 4) is 11.8 Å². The SMILES string of the molecule is CC(Oc1ccc(CC#N)cc1)C(=O)O. The summed E-state index contributed by atoms with van der Waals surface area (Å²) in [5.41, 5.74) is 0.882. The van der Waals surface area contributed by atoms with Gasteiger partial charge in [0.2, 0.25) is 0 Å². The number of ether oxygens (including phenoxy) is 1. The molecule has 1 atom stereocenters. The molecule has 1 N–H and O–H groups in total. The molecule has 0 saturated carbocycles. The van der Waals surface area contributed by atoms with Crippen molar-refractivity contribution in [2.75, 3.05) is 0 Å². The first-order chi connectivity index (χ1) is 7.13. The van der Waals surface area contributed by atoms with E-state index in [1.54, 1.807) is 24.3 Å². The maximum absolute atomic E-state index is 10.5. The van der Waals surface area contributed by atoms with Crippen molar-refractivity contribution in [3.05, 3.63) is 29.8 Å². The van der Waals surface area contributed by atoms with Crippen LogP contribution in [-0.4, -0.2) is 17.2 Å². The van der Waals surface area contributed by atoms with E-state index in [9.17, 15) is 4.79 Å². The highest BCUT2D eigenvalue weighted by Gasteiger charge is 2.11. The number of aliphatic carboxylic acids is 1. The number of benzene rings is 1. The number of hydrogen-bond donors (Lipinski definition) is 1. The van der Waals surface area contributed by atoms with Crippen molar-refractivity contribution in [1.29, 1.82) is 5.26 Å². The molecule has 0 amide bonds. The van der Waals surface area contributed by atoms with Crippen LogP contribution in [0.1, 0.15) is 12.5 Å². The monoisotopic (exact) mass is 205 g/mol. The number of nitrogens with zero attached hydrogens (tertiary/aromatic N) is 1. The van der Waals surface area contributed by atoms with E-state index in [-0.39, 0.29) is 0 Å². The van der Waals surface area contributed by atoms with Gasteiger partial charge < -0.3 is 9.84 Å². The van der Waals surface area contributed by atoms with E-state index < -0.39 is 12.1 Å². The minimum atomic E-state index is -1.00. The molecule has 0 spiro atoms. The molecule has 0 aliphatic heterocycles. The second kappa shape index (κ2) is 5.01. The molecule has 4 heteroatoms. The minimum Gasteiger partial charge on any atom is -0.479 e. The number of nitriles is 1. The van der Waals surface area contributed by atoms with E-state index in [1.165, 1.54) is 6.92 Å². The van der Waals surface area contributed by atoms with Crippen molar-refractivity contribution < 1.29 is 14.6 Å². The molecule has 0 heterocycles. The average Bonchev–Trinajstić information content (AvgIpc) is 2.21. The van der Waals surface area contributed by atoms with Gasteiger partial charge in [-0.05, 0) is 24.6 Å². The summed E-state index contributed by atoms with van der Waals surface area (Å²) in [6.07, 6.45) is -0.527. The van der Waals surface area contributed by atoms with E-state index >= 15 is 0 Å². The molecule has 0 aliphatic carbocycles. The van der Waals surface area contributed by atoms with E-state index in [2.05, 4.69) is 0 Å². The lowest BCUT2D eigenvalue weighted by Gasteiger charge is -2.10. The zero-order chi connectivity index (χ0) is 11.3. The second-order valence-corrected chi connectivity index (χ2v) is 3.08. The number of hydrogen-bond acceptors (Lipinski definition) is 3. The highest BCUT2D eigenvalue weighted by molar-refractivity contribution is 5.72. The van der Waals surface area contributed by atoms with Gasteiger partial charge in [-0.25, -0.2) is 4.79 Å². The minimum absolute atomic E-state index is 0.342. The third-order valence-electron chi connectivity index (χ3n) is 1.87. The predicted molar refractivity (Wildman–Crippen MR) is 53.5 cm³/mol. The van der Waals surface area contributed by atoms with Gasteiger partial charge >= 0.3 is 5.97 Å². The number of carboxylic acids is 1. The Kier molecular flexibility index (Phi) is 3.69. The quantitative estimate of drug-likeness (QED) is 0.810. The largest absolute Gasteiger partial charge is 0.479 e. The van der Waals surface area contributed by atoms with Crippen LogP contribution in [0.15, 0.2) is 24.3 Å². The van der Waals surface area contributed by atoms with Gasteiger partial charge in [0.25, 0.3) is 0 Å². The summed E-state index contributed by atoms with van der Waals surface area (Å²) in [5.74, 6) is -0.511. The Morgan fingerprint density at radius 1 is 1.53 bits per heavy atom. The fraction of sp³-hybridized carbons (Fsp3) is 0.273. The Bertz CT molecular complexity index is 378. The molecule has 78 valence electrons. The Morgan fingerprint density at radius 3 is 2.60 bits per heavy atom. The molecule has 0 saturated heterocycles. The molecule has 0 aromatic heterocycles. The number of rotatable bonds is 4. The van der Waals surface area contributed by atoms with Crippen LogP contribution in [0.4, 0.5) is 0 Å². The number of carboxylic acid groups (broad SMARTS) is 1. The molecule has 1 rings (SSSR count). The summed E-state index contributed by atoms with van der Waals surface area (Å²) in [6, 6.07) is 8.83. The first kappa shape index (κ1) is 11.1. The molecule has 0 aliphatic rings. The van der Waals surface area contributed by atoms with Gasteiger partial charge in [-0.15, -0.1) is 0 Å². The summed E-state index contributed by atoms with van der Waals surface area (Å²) >= 11 is 0. The van der Waals surface area contributed by atoms with Gasteiger partial charge in [-0.3, -0.25) is 0 Å². The fourth-order valence-electron chi connectivity index (χ4n) is 1.03. The third-order valence-corrected chi connectivity index (χ3v) is 1.87.